The molecule has 1 aliphatic carbocycles. The molecule has 1 rings (SSSR count). The molecule has 0 N–H and O–H groups in total. The first-order chi connectivity index (χ1) is 6.86. The molecule has 0 fully saturated rings. The summed E-state index contributed by atoms with van der Waals surface area (Å²) in [7, 11) is 1.38. The third-order valence-corrected chi connectivity index (χ3v) is 3.48. The molecule has 0 aromatic heterocycles. The third kappa shape index (κ3) is 3.29. The van der Waals surface area contributed by atoms with Gasteiger partial charge in [0.2, 0.25) is 0 Å². The predicted molar refractivity (Wildman–Crippen MR) is 79.0 cm³/mol. The van der Waals surface area contributed by atoms with Gasteiger partial charge in [0.05, 0.1) is 5.41 Å². The number of allylic oxidation sites excluding steroid dienone is 4. The Morgan fingerprint density at radius 2 is 1.33 bits per heavy atom. The van der Waals surface area contributed by atoms with Crippen molar-refractivity contribution in [2.24, 2.45) is 5.41 Å². The van der Waals surface area contributed by atoms with Crippen LogP contribution in [0.4, 0.5) is 0 Å². The second-order valence-corrected chi connectivity index (χ2v) is 12.7. The van der Waals surface area contributed by atoms with Crippen LogP contribution < -0.4 is 0 Å². The molecule has 0 saturated heterocycles. The Labute approximate surface area is 121 Å². The van der Waals surface area contributed by atoms with Crippen molar-refractivity contribution in [2.45, 2.75) is 34.6 Å². The van der Waals surface area contributed by atoms with Gasteiger partial charge in [-0.3, -0.25) is 0 Å². The van der Waals surface area contributed by atoms with Gasteiger partial charge in [-0.15, -0.1) is 0 Å². The fourth-order valence-corrected chi connectivity index (χ4v) is 1.80. The van der Waals surface area contributed by atoms with Crippen molar-refractivity contribution in [3.8, 4) is 0 Å². The summed E-state index contributed by atoms with van der Waals surface area (Å²) in [5, 5.41) is 0. The van der Waals surface area contributed by atoms with Gasteiger partial charge in [0, 0.05) is 0 Å². The van der Waals surface area contributed by atoms with Crippen LogP contribution in [-0.2, 0) is 13.1 Å². The van der Waals surface area contributed by atoms with Gasteiger partial charge in [-0.2, -0.15) is 0 Å². The summed E-state index contributed by atoms with van der Waals surface area (Å²) in [5.74, 6) is 0. The number of rotatable bonds is 1. The van der Waals surface area contributed by atoms with Gasteiger partial charge < -0.3 is 4.79 Å². The number of carbonyl (C=O) groups excluding carboxylic acids is 1. The molecule has 0 amide bonds. The molecule has 0 radical (unpaired) electrons. The van der Waals surface area contributed by atoms with E-state index in [0.29, 0.717) is 0 Å². The Bertz CT molecular complexity index is 295. The molecule has 0 heterocycles. The second-order valence-electron chi connectivity index (χ2n) is 3.87. The topological polar surface area (TPSA) is 17.1 Å². The first-order valence-electron chi connectivity index (χ1n) is 4.53. The van der Waals surface area contributed by atoms with Crippen LogP contribution in [0.2, 0.25) is 0 Å². The molecule has 0 saturated carbocycles. The molecule has 0 unspecified atom stereocenters. The summed E-state index contributed by atoms with van der Waals surface area (Å²) in [6.07, 6.45) is 1.05. The van der Waals surface area contributed by atoms with Crippen LogP contribution in [0.25, 0.3) is 0 Å². The number of aldehydes is 1. The summed E-state index contributed by atoms with van der Waals surface area (Å²) < 4.78 is 0. The molecule has 0 atom stereocenters. The molecule has 4 heteroatoms. The monoisotopic (exact) mass is 477 g/mol. The SMILES string of the molecule is CC1=C(C)C(C)(C=O)C(C)=C1C.[I][Co][I]. The van der Waals surface area contributed by atoms with Gasteiger partial charge in [0.1, 0.15) is 6.29 Å². The van der Waals surface area contributed by atoms with Gasteiger partial charge in [0.15, 0.2) is 0 Å². The summed E-state index contributed by atoms with van der Waals surface area (Å²) >= 11 is 4.49. The summed E-state index contributed by atoms with van der Waals surface area (Å²) in [4.78, 5) is 11.0. The van der Waals surface area contributed by atoms with Crippen molar-refractivity contribution in [1.82, 2.24) is 0 Å². The van der Waals surface area contributed by atoms with Crippen LogP contribution in [0.1, 0.15) is 34.6 Å². The maximum atomic E-state index is 11.0. The molecule has 1 aliphatic rings. The van der Waals surface area contributed by atoms with Crippen LogP contribution in [0.3, 0.4) is 0 Å². The minimum absolute atomic E-state index is 0.325. The van der Waals surface area contributed by atoms with Gasteiger partial charge >= 0.3 is 49.1 Å². The van der Waals surface area contributed by atoms with Crippen molar-refractivity contribution < 1.29 is 13.1 Å². The minimum atomic E-state index is -0.325. The van der Waals surface area contributed by atoms with Crippen molar-refractivity contribution >= 4 is 47.1 Å². The van der Waals surface area contributed by atoms with Gasteiger partial charge in [-0.05, 0) is 45.8 Å². The zero-order valence-electron chi connectivity index (χ0n) is 9.57. The number of carbonyl (C=O) groups is 1. The van der Waals surface area contributed by atoms with E-state index in [1.165, 1.54) is 30.6 Å². The molecule has 0 aliphatic heterocycles. The van der Waals surface area contributed by atoms with E-state index in [-0.39, 0.29) is 5.41 Å². The van der Waals surface area contributed by atoms with Crippen LogP contribution in [0, 0.1) is 5.41 Å². The predicted octanol–water partition coefficient (Wildman–Crippen LogP) is 4.65. The number of hydrogen-bond donors (Lipinski definition) is 0. The molecule has 15 heavy (non-hydrogen) atoms. The molecular formula is C11H16CoI2O. The van der Waals surface area contributed by atoms with Crippen LogP contribution in [0.5, 0.6) is 0 Å². The Morgan fingerprint density at radius 3 is 1.47 bits per heavy atom. The van der Waals surface area contributed by atoms with Crippen molar-refractivity contribution in [3.05, 3.63) is 22.3 Å². The quantitative estimate of drug-likeness (QED) is 0.398. The van der Waals surface area contributed by atoms with E-state index < -0.39 is 0 Å². The maximum absolute atomic E-state index is 11.0. The first kappa shape index (κ1) is 16.1. The Kier molecular flexibility index (Phi) is 7.26. The zero-order valence-corrected chi connectivity index (χ0v) is 14.9. The van der Waals surface area contributed by atoms with E-state index in [1.54, 1.807) is 0 Å². The fourth-order valence-electron chi connectivity index (χ4n) is 1.80. The molecule has 89 valence electrons. The van der Waals surface area contributed by atoms with E-state index in [1.807, 2.05) is 20.8 Å². The molecule has 1 nitrogen and oxygen atoms in total. The van der Waals surface area contributed by atoms with Crippen LogP contribution in [0.15, 0.2) is 22.3 Å². The number of halogens is 2. The van der Waals surface area contributed by atoms with Crippen molar-refractivity contribution in [1.29, 1.82) is 0 Å². The van der Waals surface area contributed by atoms with Gasteiger partial charge in [0.25, 0.3) is 0 Å². The Hall–Kier alpha value is 1.12. The summed E-state index contributed by atoms with van der Waals surface area (Å²) in [6, 6.07) is 0. The van der Waals surface area contributed by atoms with E-state index in [2.05, 4.69) is 54.7 Å². The van der Waals surface area contributed by atoms with Gasteiger partial charge in [-0.1, -0.05) is 11.1 Å². The summed E-state index contributed by atoms with van der Waals surface area (Å²) in [6.45, 7) is 10.3. The Balaban J connectivity index is 0.000000583. The van der Waals surface area contributed by atoms with Crippen molar-refractivity contribution in [2.75, 3.05) is 0 Å². The average Bonchev–Trinajstić information content (AvgIpc) is 2.36. The second kappa shape index (κ2) is 6.76. The molecule has 0 bridgehead atoms. The molecular weight excluding hydrogens is 461 g/mol. The van der Waals surface area contributed by atoms with Crippen LogP contribution in [-0.4, -0.2) is 6.29 Å². The fraction of sp³-hybridized carbons (Fsp3) is 0.545. The van der Waals surface area contributed by atoms with E-state index in [4.69, 9.17) is 0 Å². The van der Waals surface area contributed by atoms with Crippen molar-refractivity contribution in [3.63, 3.8) is 0 Å². The van der Waals surface area contributed by atoms with E-state index in [0.717, 1.165) is 6.29 Å². The first-order valence-corrected chi connectivity index (χ1v) is 11.2. The van der Waals surface area contributed by atoms with E-state index in [9.17, 15) is 4.79 Å². The normalized spacial score (nSPS) is 19.1. The van der Waals surface area contributed by atoms with E-state index >= 15 is 0 Å². The van der Waals surface area contributed by atoms with Crippen LogP contribution >= 0.6 is 40.8 Å². The standard InChI is InChI=1S/C11H16O.Co.2HI/c1-7-8(2)10(4)11(5,6-12)9(7)3;;;/h6H,1-5H3;;2*1H/q;+2;;/p-2. The zero-order chi connectivity index (χ0) is 12.2. The molecule has 0 aromatic carbocycles. The average molecular weight is 477 g/mol. The molecule has 0 aromatic rings. The summed E-state index contributed by atoms with van der Waals surface area (Å²) in [5.41, 5.74) is 4.64. The Morgan fingerprint density at radius 1 is 1.07 bits per heavy atom. The molecule has 0 spiro atoms. The van der Waals surface area contributed by atoms with Gasteiger partial charge in [-0.25, -0.2) is 0 Å². The number of hydrogen-bond acceptors (Lipinski definition) is 1. The third-order valence-electron chi connectivity index (χ3n) is 3.48.